The largest absolute Gasteiger partial charge is 0.459 e. The van der Waals surface area contributed by atoms with E-state index in [0.29, 0.717) is 0 Å². The van der Waals surface area contributed by atoms with Gasteiger partial charge < -0.3 is 4.74 Å². The highest BCUT2D eigenvalue weighted by molar-refractivity contribution is 5.72. The van der Waals surface area contributed by atoms with Crippen LogP contribution in [0.15, 0.2) is 0 Å². The van der Waals surface area contributed by atoms with Crippen molar-refractivity contribution in [3.63, 3.8) is 0 Å². The molecule has 3 aliphatic carbocycles. The normalized spacial score (nSPS) is 45.8. The Bertz CT molecular complexity index is 364. The van der Waals surface area contributed by atoms with Gasteiger partial charge in [0.25, 0.3) is 0 Å². The lowest BCUT2D eigenvalue weighted by atomic mass is 9.66. The molecule has 0 aliphatic heterocycles. The molecular weight excluding hydrogens is 236 g/mol. The van der Waals surface area contributed by atoms with Gasteiger partial charge >= 0.3 is 5.97 Å². The predicted octanol–water partition coefficient (Wildman–Crippen LogP) is 4.18. The van der Waals surface area contributed by atoms with Crippen LogP contribution >= 0.6 is 0 Å². The Balaban J connectivity index is 1.65. The molecule has 0 spiro atoms. The van der Waals surface area contributed by atoms with Gasteiger partial charge in [0.2, 0.25) is 0 Å². The van der Waals surface area contributed by atoms with Gasteiger partial charge in [0.15, 0.2) is 0 Å². The van der Waals surface area contributed by atoms with Gasteiger partial charge in [0.05, 0.1) is 5.92 Å². The number of fused-ring (bicyclic) bond motifs is 5. The summed E-state index contributed by atoms with van der Waals surface area (Å²) in [4.78, 5) is 12.1. The molecule has 0 N–H and O–H groups in total. The second-order valence-electron chi connectivity index (χ2n) is 7.58. The summed E-state index contributed by atoms with van der Waals surface area (Å²) in [6, 6.07) is 0. The second kappa shape index (κ2) is 4.79. The fourth-order valence-corrected chi connectivity index (χ4v) is 4.97. The van der Waals surface area contributed by atoms with Gasteiger partial charge in [-0.25, -0.2) is 0 Å². The minimum atomic E-state index is -0.174. The molecule has 0 amide bonds. The van der Waals surface area contributed by atoms with Gasteiger partial charge in [0, 0.05) is 0 Å². The van der Waals surface area contributed by atoms with E-state index in [9.17, 15) is 4.79 Å². The third-order valence-corrected chi connectivity index (χ3v) is 6.31. The first-order valence-electron chi connectivity index (χ1n) is 8.25. The van der Waals surface area contributed by atoms with Crippen molar-refractivity contribution in [2.45, 2.75) is 71.3 Å². The van der Waals surface area contributed by atoms with Crippen LogP contribution in [-0.4, -0.2) is 11.6 Å². The van der Waals surface area contributed by atoms with Gasteiger partial charge in [-0.05, 0) is 75.5 Å². The molecule has 6 atom stereocenters. The zero-order chi connectivity index (χ0) is 13.6. The van der Waals surface area contributed by atoms with Gasteiger partial charge in [-0.15, -0.1) is 0 Å². The summed E-state index contributed by atoms with van der Waals surface area (Å²) in [6.07, 6.45) is 8.74. The maximum Gasteiger partial charge on any atom is 0.309 e. The molecule has 2 bridgehead atoms. The molecule has 3 saturated carbocycles. The van der Waals surface area contributed by atoms with Crippen molar-refractivity contribution in [2.75, 3.05) is 0 Å². The standard InChI is InChI=1S/C17H28O2/c1-4-11(2)16(18)19-17(3)8-7-14-12-5-6-13(9-12)15(14)10-17/h11-15H,4-10H2,1-3H3. The quantitative estimate of drug-likeness (QED) is 0.715. The number of hydrogen-bond acceptors (Lipinski definition) is 2. The highest BCUT2D eigenvalue weighted by Crippen LogP contribution is 2.59. The molecule has 0 aromatic carbocycles. The Morgan fingerprint density at radius 2 is 1.95 bits per heavy atom. The Kier molecular flexibility index (Phi) is 3.39. The summed E-state index contributed by atoms with van der Waals surface area (Å²) in [6.45, 7) is 6.21. The maximum atomic E-state index is 12.1. The lowest BCUT2D eigenvalue weighted by Gasteiger charge is -2.44. The molecule has 0 heterocycles. The van der Waals surface area contributed by atoms with E-state index in [1.165, 1.54) is 25.7 Å². The van der Waals surface area contributed by atoms with E-state index in [2.05, 4.69) is 13.8 Å². The molecule has 19 heavy (non-hydrogen) atoms. The summed E-state index contributed by atoms with van der Waals surface area (Å²) < 4.78 is 5.91. The van der Waals surface area contributed by atoms with E-state index in [0.717, 1.165) is 42.9 Å². The summed E-state index contributed by atoms with van der Waals surface area (Å²) in [7, 11) is 0. The number of ether oxygens (including phenoxy) is 1. The van der Waals surface area contributed by atoms with Crippen molar-refractivity contribution in [3.8, 4) is 0 Å². The van der Waals surface area contributed by atoms with Gasteiger partial charge in [0.1, 0.15) is 5.60 Å². The molecule has 2 nitrogen and oxygen atoms in total. The Hall–Kier alpha value is -0.530. The van der Waals surface area contributed by atoms with Crippen molar-refractivity contribution < 1.29 is 9.53 Å². The lowest BCUT2D eigenvalue weighted by molar-refractivity contribution is -0.170. The number of carbonyl (C=O) groups excluding carboxylic acids is 1. The summed E-state index contributed by atoms with van der Waals surface area (Å²) in [5.74, 6) is 3.82. The predicted molar refractivity (Wildman–Crippen MR) is 75.6 cm³/mol. The van der Waals surface area contributed by atoms with E-state index in [4.69, 9.17) is 4.74 Å². The molecule has 0 aromatic heterocycles. The number of carbonyl (C=O) groups is 1. The number of hydrogen-bond donors (Lipinski definition) is 0. The Morgan fingerprint density at radius 3 is 2.63 bits per heavy atom. The number of rotatable bonds is 3. The van der Waals surface area contributed by atoms with Crippen LogP contribution in [0.25, 0.3) is 0 Å². The third-order valence-electron chi connectivity index (χ3n) is 6.31. The molecule has 3 fully saturated rings. The maximum absolute atomic E-state index is 12.1. The molecule has 3 rings (SSSR count). The molecule has 0 radical (unpaired) electrons. The average molecular weight is 264 g/mol. The fourth-order valence-electron chi connectivity index (χ4n) is 4.97. The minimum Gasteiger partial charge on any atom is -0.459 e. The second-order valence-corrected chi connectivity index (χ2v) is 7.58. The monoisotopic (exact) mass is 264 g/mol. The lowest BCUT2D eigenvalue weighted by Crippen LogP contribution is -2.43. The van der Waals surface area contributed by atoms with Crippen molar-refractivity contribution in [1.29, 1.82) is 0 Å². The van der Waals surface area contributed by atoms with E-state index in [1.807, 2.05) is 6.92 Å². The van der Waals surface area contributed by atoms with Crippen LogP contribution in [-0.2, 0) is 9.53 Å². The van der Waals surface area contributed by atoms with Crippen molar-refractivity contribution in [3.05, 3.63) is 0 Å². The first-order chi connectivity index (χ1) is 9.02. The van der Waals surface area contributed by atoms with Crippen LogP contribution < -0.4 is 0 Å². The van der Waals surface area contributed by atoms with Gasteiger partial charge in [-0.3, -0.25) is 4.79 Å². The Labute approximate surface area is 117 Å². The van der Waals surface area contributed by atoms with Crippen LogP contribution in [0.2, 0.25) is 0 Å². The Morgan fingerprint density at radius 1 is 1.26 bits per heavy atom. The first kappa shape index (κ1) is 13.5. The van der Waals surface area contributed by atoms with Crippen LogP contribution in [0, 0.1) is 29.6 Å². The molecule has 108 valence electrons. The highest BCUT2D eigenvalue weighted by Gasteiger charge is 2.53. The van der Waals surface area contributed by atoms with E-state index in [1.54, 1.807) is 0 Å². The van der Waals surface area contributed by atoms with Crippen molar-refractivity contribution in [1.82, 2.24) is 0 Å². The number of esters is 1. The van der Waals surface area contributed by atoms with E-state index >= 15 is 0 Å². The molecule has 2 heteroatoms. The smallest absolute Gasteiger partial charge is 0.309 e. The SMILES string of the molecule is CCC(C)C(=O)OC1(C)CCC2C3CCC(C3)C2C1. The van der Waals surface area contributed by atoms with E-state index in [-0.39, 0.29) is 17.5 Å². The third kappa shape index (κ3) is 2.32. The minimum absolute atomic E-state index is 0.0200. The van der Waals surface area contributed by atoms with Gasteiger partial charge in [-0.2, -0.15) is 0 Å². The topological polar surface area (TPSA) is 26.3 Å². The summed E-state index contributed by atoms with van der Waals surface area (Å²) >= 11 is 0. The molecule has 3 aliphatic rings. The summed E-state index contributed by atoms with van der Waals surface area (Å²) in [5, 5.41) is 0. The summed E-state index contributed by atoms with van der Waals surface area (Å²) in [5.41, 5.74) is -0.174. The van der Waals surface area contributed by atoms with E-state index < -0.39 is 0 Å². The van der Waals surface area contributed by atoms with Crippen molar-refractivity contribution in [2.24, 2.45) is 29.6 Å². The molecule has 0 aromatic rings. The average Bonchev–Trinajstić information content (AvgIpc) is 2.98. The van der Waals surface area contributed by atoms with Crippen LogP contribution in [0.1, 0.15) is 65.7 Å². The zero-order valence-corrected chi connectivity index (χ0v) is 12.7. The van der Waals surface area contributed by atoms with Gasteiger partial charge in [-0.1, -0.05) is 13.8 Å². The van der Waals surface area contributed by atoms with Crippen LogP contribution in [0.4, 0.5) is 0 Å². The molecule has 6 unspecified atom stereocenters. The van der Waals surface area contributed by atoms with Crippen LogP contribution in [0.3, 0.4) is 0 Å². The molecular formula is C17H28O2. The van der Waals surface area contributed by atoms with Crippen LogP contribution in [0.5, 0.6) is 0 Å². The zero-order valence-electron chi connectivity index (χ0n) is 12.7. The van der Waals surface area contributed by atoms with Crippen molar-refractivity contribution >= 4 is 5.97 Å². The molecule has 0 saturated heterocycles. The highest BCUT2D eigenvalue weighted by atomic mass is 16.6. The first-order valence-corrected chi connectivity index (χ1v) is 8.25. The fraction of sp³-hybridized carbons (Fsp3) is 0.941.